The molecule has 0 aliphatic carbocycles. The predicted molar refractivity (Wildman–Crippen MR) is 110 cm³/mol. The molecule has 0 N–H and O–H groups in total. The molecular formula is C23H15N3OS. The Morgan fingerprint density at radius 2 is 1.50 bits per heavy atom. The Morgan fingerprint density at radius 1 is 0.821 bits per heavy atom. The quantitative estimate of drug-likeness (QED) is 0.538. The molecule has 4 nitrogen and oxygen atoms in total. The topological polar surface area (TPSA) is 46.7 Å². The molecule has 5 rings (SSSR count). The number of aromatic nitrogens is 1. The second-order valence-electron chi connectivity index (χ2n) is 6.34. The van der Waals surface area contributed by atoms with Gasteiger partial charge in [-0.15, -0.1) is 11.3 Å². The van der Waals surface area contributed by atoms with E-state index in [-0.39, 0.29) is 5.91 Å². The van der Waals surface area contributed by atoms with Crippen molar-refractivity contribution in [1.82, 2.24) is 4.57 Å². The van der Waals surface area contributed by atoms with Gasteiger partial charge in [0.05, 0.1) is 11.1 Å². The third-order valence-corrected chi connectivity index (χ3v) is 5.41. The van der Waals surface area contributed by atoms with Gasteiger partial charge in [0.15, 0.2) is 4.80 Å². The zero-order valence-corrected chi connectivity index (χ0v) is 15.6. The molecule has 0 fully saturated rings. The first-order valence-corrected chi connectivity index (χ1v) is 9.78. The van der Waals surface area contributed by atoms with Gasteiger partial charge in [0.25, 0.3) is 5.91 Å². The average Bonchev–Trinajstić information content (AvgIpc) is 3.31. The maximum atomic E-state index is 12.5. The Morgan fingerprint density at radius 3 is 2.29 bits per heavy atom. The lowest BCUT2D eigenvalue weighted by Gasteiger charge is -2.09. The van der Waals surface area contributed by atoms with E-state index < -0.39 is 0 Å². The Labute approximate surface area is 165 Å². The standard InChI is InChI=1S/C23H15N3OS/c27-22-21(18-13-7-8-14-19(18)24-22)25-23-26(17-11-5-2-6-12-17)20(15-28-23)16-9-3-1-4-10-16/h1-15H. The highest BCUT2D eigenvalue weighted by atomic mass is 32.1. The number of hydrogen-bond donors (Lipinski definition) is 0. The molecule has 3 aromatic carbocycles. The number of fused-ring (bicyclic) bond motifs is 1. The summed E-state index contributed by atoms with van der Waals surface area (Å²) in [6.07, 6.45) is 0. The minimum atomic E-state index is -0.296. The first-order chi connectivity index (χ1) is 13.8. The molecule has 2 heterocycles. The highest BCUT2D eigenvalue weighted by Gasteiger charge is 2.17. The van der Waals surface area contributed by atoms with Crippen LogP contribution in [0, 0.1) is 0 Å². The number of carbonyl (C=O) groups excluding carboxylic acids is 1. The van der Waals surface area contributed by atoms with Crippen LogP contribution in [0.3, 0.4) is 0 Å². The van der Waals surface area contributed by atoms with E-state index in [2.05, 4.69) is 27.1 Å². The summed E-state index contributed by atoms with van der Waals surface area (Å²) in [5.41, 5.74) is 3.52. The zero-order valence-electron chi connectivity index (χ0n) is 14.8. The van der Waals surface area contributed by atoms with Crippen LogP contribution in [0.1, 0.15) is 0 Å². The zero-order chi connectivity index (χ0) is 18.9. The van der Waals surface area contributed by atoms with Crippen molar-refractivity contribution in [3.8, 4) is 16.9 Å². The monoisotopic (exact) mass is 381 g/mol. The summed E-state index contributed by atoms with van der Waals surface area (Å²) in [4.78, 5) is 22.1. The fraction of sp³-hybridized carbons (Fsp3) is 0. The van der Waals surface area contributed by atoms with Crippen LogP contribution in [-0.2, 0) is 4.79 Å². The fourth-order valence-corrected chi connectivity index (χ4v) is 4.19. The Balaban J connectivity index is 1.81. The number of thiazole rings is 1. The van der Waals surface area contributed by atoms with Crippen LogP contribution in [0.5, 0.6) is 0 Å². The van der Waals surface area contributed by atoms with Gasteiger partial charge in [-0.1, -0.05) is 66.7 Å². The van der Waals surface area contributed by atoms with Crippen LogP contribution >= 0.6 is 11.3 Å². The predicted octanol–water partition coefficient (Wildman–Crippen LogP) is 3.07. The maximum Gasteiger partial charge on any atom is 0.296 e. The van der Waals surface area contributed by atoms with Crippen molar-refractivity contribution in [3.63, 3.8) is 0 Å². The van der Waals surface area contributed by atoms with Crippen molar-refractivity contribution in [2.75, 3.05) is 0 Å². The number of hydrogen-bond acceptors (Lipinski definition) is 3. The number of carbonyl (C=O) groups is 1. The summed E-state index contributed by atoms with van der Waals surface area (Å²) in [5, 5.41) is 3.53. The number of nitrogens with zero attached hydrogens (tertiary/aromatic N) is 3. The van der Waals surface area contributed by atoms with Crippen molar-refractivity contribution < 1.29 is 4.79 Å². The molecule has 0 unspecified atom stereocenters. The molecule has 1 aliphatic heterocycles. The van der Waals surface area contributed by atoms with E-state index in [1.165, 1.54) is 11.3 Å². The minimum Gasteiger partial charge on any atom is -0.285 e. The van der Waals surface area contributed by atoms with Crippen molar-refractivity contribution in [2.45, 2.75) is 0 Å². The summed E-state index contributed by atoms with van der Waals surface area (Å²) in [5.74, 6) is -0.296. The van der Waals surface area contributed by atoms with Gasteiger partial charge in [-0.05, 0) is 23.8 Å². The van der Waals surface area contributed by atoms with Crippen molar-refractivity contribution in [2.24, 2.45) is 9.98 Å². The molecular weight excluding hydrogens is 366 g/mol. The fourth-order valence-electron chi connectivity index (χ4n) is 3.28. The summed E-state index contributed by atoms with van der Waals surface area (Å²) >= 11 is 1.51. The second kappa shape index (κ2) is 6.87. The van der Waals surface area contributed by atoms with Crippen molar-refractivity contribution >= 4 is 22.9 Å². The molecule has 0 saturated carbocycles. The molecule has 4 aromatic rings. The van der Waals surface area contributed by atoms with Gasteiger partial charge in [0.2, 0.25) is 0 Å². The van der Waals surface area contributed by atoms with E-state index in [0.717, 1.165) is 27.0 Å². The molecule has 0 saturated heterocycles. The van der Waals surface area contributed by atoms with Crippen LogP contribution in [-0.4, -0.2) is 10.5 Å². The van der Waals surface area contributed by atoms with Crippen LogP contribution in [0.2, 0.25) is 0 Å². The summed E-state index contributed by atoms with van der Waals surface area (Å²) in [6.45, 7) is 0. The van der Waals surface area contributed by atoms with Gasteiger partial charge in [0.1, 0.15) is 5.70 Å². The largest absolute Gasteiger partial charge is 0.296 e. The molecule has 0 radical (unpaired) electrons. The van der Waals surface area contributed by atoms with Crippen molar-refractivity contribution in [1.29, 1.82) is 0 Å². The van der Waals surface area contributed by atoms with E-state index >= 15 is 0 Å². The van der Waals surface area contributed by atoms with Gasteiger partial charge >= 0.3 is 0 Å². The third-order valence-electron chi connectivity index (χ3n) is 4.58. The maximum absolute atomic E-state index is 12.5. The summed E-state index contributed by atoms with van der Waals surface area (Å²) < 4.78 is 2.08. The highest BCUT2D eigenvalue weighted by Crippen LogP contribution is 2.23. The number of para-hydroxylation sites is 2. The molecule has 1 amide bonds. The lowest BCUT2D eigenvalue weighted by Crippen LogP contribution is -2.23. The van der Waals surface area contributed by atoms with Gasteiger partial charge in [-0.25, -0.2) is 9.98 Å². The first kappa shape index (κ1) is 16.6. The van der Waals surface area contributed by atoms with Crippen LogP contribution < -0.4 is 15.4 Å². The summed E-state index contributed by atoms with van der Waals surface area (Å²) in [7, 11) is 0. The lowest BCUT2D eigenvalue weighted by molar-refractivity contribution is -0.112. The summed E-state index contributed by atoms with van der Waals surface area (Å²) in [6, 6.07) is 27.7. The van der Waals surface area contributed by atoms with Crippen LogP contribution in [0.25, 0.3) is 22.6 Å². The van der Waals surface area contributed by atoms with Crippen LogP contribution in [0.4, 0.5) is 0 Å². The Bertz CT molecular complexity index is 1370. The average molecular weight is 381 g/mol. The molecule has 134 valence electrons. The lowest BCUT2D eigenvalue weighted by atomic mass is 10.1. The number of rotatable bonds is 3. The van der Waals surface area contributed by atoms with Gasteiger partial charge in [-0.2, -0.15) is 0 Å². The highest BCUT2D eigenvalue weighted by molar-refractivity contribution is 7.07. The van der Waals surface area contributed by atoms with Gasteiger partial charge in [-0.3, -0.25) is 9.36 Å². The third kappa shape index (κ3) is 2.82. The number of amides is 1. The van der Waals surface area contributed by atoms with Gasteiger partial charge in [0, 0.05) is 16.3 Å². The Kier molecular flexibility index (Phi) is 4.07. The molecule has 5 heteroatoms. The van der Waals surface area contributed by atoms with Crippen LogP contribution in [0.15, 0.2) is 100 Å². The molecule has 1 aliphatic rings. The second-order valence-corrected chi connectivity index (χ2v) is 7.17. The van der Waals surface area contributed by atoms with E-state index in [1.54, 1.807) is 0 Å². The number of benzene rings is 3. The van der Waals surface area contributed by atoms with E-state index in [0.29, 0.717) is 11.1 Å². The molecule has 1 aromatic heterocycles. The van der Waals surface area contributed by atoms with Gasteiger partial charge < -0.3 is 0 Å². The minimum absolute atomic E-state index is 0.296. The smallest absolute Gasteiger partial charge is 0.285 e. The van der Waals surface area contributed by atoms with Crippen molar-refractivity contribution in [3.05, 3.63) is 106 Å². The molecule has 28 heavy (non-hydrogen) atoms. The molecule has 0 bridgehead atoms. The Hall–Kier alpha value is -3.57. The van der Waals surface area contributed by atoms with E-state index in [4.69, 9.17) is 4.99 Å². The van der Waals surface area contributed by atoms with E-state index in [1.807, 2.05) is 72.8 Å². The SMILES string of the molecule is O=C1N=c2ccccc2=C1N=c1scc(-c2ccccc2)n1-c1ccccc1. The molecule has 0 spiro atoms. The van der Waals surface area contributed by atoms with E-state index in [9.17, 15) is 4.79 Å². The first-order valence-electron chi connectivity index (χ1n) is 8.90. The normalized spacial score (nSPS) is 13.5. The molecule has 0 atom stereocenters.